The third-order valence-electron chi connectivity index (χ3n) is 5.20. The van der Waals surface area contributed by atoms with Gasteiger partial charge in [0, 0.05) is 36.6 Å². The fourth-order valence-corrected chi connectivity index (χ4v) is 3.80. The summed E-state index contributed by atoms with van der Waals surface area (Å²) in [6.45, 7) is 2.92. The fourth-order valence-electron chi connectivity index (χ4n) is 3.80. The van der Waals surface area contributed by atoms with Gasteiger partial charge in [-0.25, -0.2) is 4.98 Å². The molecule has 2 aliphatic heterocycles. The first kappa shape index (κ1) is 16.1. The number of carbonyl (C=O) groups is 1. The summed E-state index contributed by atoms with van der Waals surface area (Å²) in [6.07, 6.45) is 5.62. The molecule has 1 aromatic carbocycles. The summed E-state index contributed by atoms with van der Waals surface area (Å²) < 4.78 is 5.83. The van der Waals surface area contributed by atoms with E-state index in [0.29, 0.717) is 24.5 Å². The molecule has 5 rings (SSSR count). The Labute approximate surface area is 157 Å². The molecule has 4 heterocycles. The molecule has 1 fully saturated rings. The zero-order chi connectivity index (χ0) is 18.2. The molecule has 6 heteroatoms. The molecular formula is C21H20N4O2. The molecule has 1 amide bonds. The number of fused-ring (bicyclic) bond motifs is 2. The van der Waals surface area contributed by atoms with Crippen LogP contribution in [0.1, 0.15) is 23.2 Å². The number of amides is 1. The molecule has 0 N–H and O–H groups in total. The lowest BCUT2D eigenvalue weighted by atomic mass is 10.1. The summed E-state index contributed by atoms with van der Waals surface area (Å²) in [5.74, 6) is 1.46. The van der Waals surface area contributed by atoms with Crippen LogP contribution < -0.4 is 9.64 Å². The quantitative estimate of drug-likeness (QED) is 0.701. The summed E-state index contributed by atoms with van der Waals surface area (Å²) >= 11 is 0. The predicted molar refractivity (Wildman–Crippen MR) is 104 cm³/mol. The number of likely N-dealkylation sites (tertiary alicyclic amines) is 1. The van der Waals surface area contributed by atoms with Gasteiger partial charge in [0.2, 0.25) is 0 Å². The topological polar surface area (TPSA) is 58.6 Å². The van der Waals surface area contributed by atoms with Gasteiger partial charge in [-0.05, 0) is 43.2 Å². The Kier molecular flexibility index (Phi) is 3.89. The Morgan fingerprint density at radius 2 is 1.93 bits per heavy atom. The van der Waals surface area contributed by atoms with Gasteiger partial charge in [-0.2, -0.15) is 0 Å². The minimum Gasteiger partial charge on any atom is -0.488 e. The van der Waals surface area contributed by atoms with Crippen molar-refractivity contribution in [2.75, 3.05) is 31.1 Å². The van der Waals surface area contributed by atoms with Crippen molar-refractivity contribution in [3.63, 3.8) is 0 Å². The molecule has 0 unspecified atom stereocenters. The van der Waals surface area contributed by atoms with Gasteiger partial charge in [0.1, 0.15) is 6.61 Å². The van der Waals surface area contributed by atoms with E-state index in [4.69, 9.17) is 4.74 Å². The molecule has 0 saturated carbocycles. The maximum atomic E-state index is 12.6. The third-order valence-corrected chi connectivity index (χ3v) is 5.20. The van der Waals surface area contributed by atoms with Crippen molar-refractivity contribution in [1.82, 2.24) is 14.9 Å². The van der Waals surface area contributed by atoms with Crippen LogP contribution in [0.25, 0.3) is 10.9 Å². The number of anilines is 2. The molecule has 0 bridgehead atoms. The standard InChI is InChI=1S/C21H20N4O2/c26-21(24-8-1-2-9-24)16-13-19-20(23-14-16)25(10-11-27-19)17-5-6-18-15(12-17)4-3-7-22-18/h3-7,12-14H,1-2,8-11H2. The number of carbonyl (C=O) groups excluding carboxylic acids is 1. The van der Waals surface area contributed by atoms with Crippen molar-refractivity contribution in [3.05, 3.63) is 54.4 Å². The first-order valence-electron chi connectivity index (χ1n) is 9.34. The normalized spacial score (nSPS) is 16.3. The summed E-state index contributed by atoms with van der Waals surface area (Å²) in [6, 6.07) is 12.0. The van der Waals surface area contributed by atoms with Crippen LogP contribution in [0, 0.1) is 0 Å². The van der Waals surface area contributed by atoms with Crippen LogP contribution >= 0.6 is 0 Å². The van der Waals surface area contributed by atoms with E-state index in [9.17, 15) is 4.79 Å². The first-order valence-corrected chi connectivity index (χ1v) is 9.34. The number of nitrogens with zero attached hydrogens (tertiary/aromatic N) is 4. The first-order chi connectivity index (χ1) is 13.3. The lowest BCUT2D eigenvalue weighted by Crippen LogP contribution is -2.31. The Bertz CT molecular complexity index is 1010. The summed E-state index contributed by atoms with van der Waals surface area (Å²) in [5.41, 5.74) is 2.61. The average Bonchev–Trinajstić information content (AvgIpc) is 3.27. The molecule has 0 atom stereocenters. The van der Waals surface area contributed by atoms with Gasteiger partial charge in [-0.15, -0.1) is 0 Å². The monoisotopic (exact) mass is 360 g/mol. The molecule has 27 heavy (non-hydrogen) atoms. The second kappa shape index (κ2) is 6.54. The molecule has 0 aliphatic carbocycles. The number of hydrogen-bond donors (Lipinski definition) is 0. The Hall–Kier alpha value is -3.15. The highest BCUT2D eigenvalue weighted by atomic mass is 16.5. The number of pyridine rings is 2. The number of aromatic nitrogens is 2. The Morgan fingerprint density at radius 3 is 2.81 bits per heavy atom. The molecule has 3 aromatic rings. The molecule has 2 aromatic heterocycles. The second-order valence-electron chi connectivity index (χ2n) is 6.93. The van der Waals surface area contributed by atoms with E-state index in [1.165, 1.54) is 0 Å². The van der Waals surface area contributed by atoms with Gasteiger partial charge >= 0.3 is 0 Å². The lowest BCUT2D eigenvalue weighted by Gasteiger charge is -2.30. The summed E-state index contributed by atoms with van der Waals surface area (Å²) in [7, 11) is 0. The average molecular weight is 360 g/mol. The van der Waals surface area contributed by atoms with E-state index in [1.54, 1.807) is 12.4 Å². The highest BCUT2D eigenvalue weighted by Gasteiger charge is 2.25. The van der Waals surface area contributed by atoms with Crippen molar-refractivity contribution < 1.29 is 9.53 Å². The van der Waals surface area contributed by atoms with Gasteiger partial charge < -0.3 is 14.5 Å². The third kappa shape index (κ3) is 2.87. The fraction of sp³-hybridized carbons (Fsp3) is 0.286. The smallest absolute Gasteiger partial charge is 0.255 e. The second-order valence-corrected chi connectivity index (χ2v) is 6.93. The van der Waals surface area contributed by atoms with E-state index in [-0.39, 0.29) is 5.91 Å². The molecule has 2 aliphatic rings. The highest BCUT2D eigenvalue weighted by molar-refractivity contribution is 5.95. The van der Waals surface area contributed by atoms with Crippen molar-refractivity contribution in [3.8, 4) is 5.75 Å². The minimum atomic E-state index is 0.0419. The number of hydrogen-bond acceptors (Lipinski definition) is 5. The van der Waals surface area contributed by atoms with E-state index in [2.05, 4.69) is 33.1 Å². The van der Waals surface area contributed by atoms with Crippen LogP contribution in [-0.4, -0.2) is 47.0 Å². The van der Waals surface area contributed by atoms with Gasteiger partial charge in [0.05, 0.1) is 17.6 Å². The number of ether oxygens (including phenoxy) is 1. The molecule has 0 radical (unpaired) electrons. The van der Waals surface area contributed by atoms with Crippen LogP contribution in [-0.2, 0) is 0 Å². The zero-order valence-corrected chi connectivity index (χ0v) is 15.0. The van der Waals surface area contributed by atoms with Gasteiger partial charge in [0.25, 0.3) is 5.91 Å². The van der Waals surface area contributed by atoms with E-state index >= 15 is 0 Å². The van der Waals surface area contributed by atoms with Crippen LogP contribution in [0.3, 0.4) is 0 Å². The number of rotatable bonds is 2. The number of benzene rings is 1. The van der Waals surface area contributed by atoms with Gasteiger partial charge in [0.15, 0.2) is 11.6 Å². The van der Waals surface area contributed by atoms with Crippen molar-refractivity contribution in [1.29, 1.82) is 0 Å². The van der Waals surface area contributed by atoms with Crippen LogP contribution in [0.5, 0.6) is 5.75 Å². The van der Waals surface area contributed by atoms with E-state index in [1.807, 2.05) is 23.1 Å². The molecule has 0 spiro atoms. The van der Waals surface area contributed by atoms with Gasteiger partial charge in [-0.1, -0.05) is 6.07 Å². The van der Waals surface area contributed by atoms with Crippen molar-refractivity contribution in [2.45, 2.75) is 12.8 Å². The van der Waals surface area contributed by atoms with Crippen molar-refractivity contribution >= 4 is 28.3 Å². The molecule has 1 saturated heterocycles. The van der Waals surface area contributed by atoms with Crippen LogP contribution in [0.15, 0.2) is 48.8 Å². The van der Waals surface area contributed by atoms with Crippen molar-refractivity contribution in [2.24, 2.45) is 0 Å². The van der Waals surface area contributed by atoms with Crippen LogP contribution in [0.2, 0.25) is 0 Å². The molecule has 6 nitrogen and oxygen atoms in total. The van der Waals surface area contributed by atoms with E-state index in [0.717, 1.165) is 48.3 Å². The van der Waals surface area contributed by atoms with E-state index < -0.39 is 0 Å². The lowest BCUT2D eigenvalue weighted by molar-refractivity contribution is 0.0792. The maximum absolute atomic E-state index is 12.6. The zero-order valence-electron chi connectivity index (χ0n) is 15.0. The molecular weight excluding hydrogens is 340 g/mol. The SMILES string of the molecule is O=C(c1cnc2c(c1)OCCN2c1ccc2ncccc2c1)N1CCCC1. The summed E-state index contributed by atoms with van der Waals surface area (Å²) in [4.78, 5) is 25.6. The predicted octanol–water partition coefficient (Wildman–Crippen LogP) is 3.40. The maximum Gasteiger partial charge on any atom is 0.255 e. The highest BCUT2D eigenvalue weighted by Crippen LogP contribution is 2.36. The Morgan fingerprint density at radius 1 is 1.04 bits per heavy atom. The molecule has 136 valence electrons. The largest absolute Gasteiger partial charge is 0.488 e. The van der Waals surface area contributed by atoms with Gasteiger partial charge in [-0.3, -0.25) is 9.78 Å². The minimum absolute atomic E-state index is 0.0419. The van der Waals surface area contributed by atoms with Crippen LogP contribution in [0.4, 0.5) is 11.5 Å². The Balaban J connectivity index is 1.49. The summed E-state index contributed by atoms with van der Waals surface area (Å²) in [5, 5.41) is 1.09.